The monoisotopic (exact) mass is 354 g/mol. The first-order valence-corrected chi connectivity index (χ1v) is 9.39. The highest BCUT2D eigenvalue weighted by molar-refractivity contribution is 6.30. The van der Waals surface area contributed by atoms with Gasteiger partial charge < -0.3 is 10.2 Å². The summed E-state index contributed by atoms with van der Waals surface area (Å²) in [5, 5.41) is 4.08. The lowest BCUT2D eigenvalue weighted by atomic mass is 9.98. The number of nitrogens with one attached hydrogen (secondary N) is 1. The van der Waals surface area contributed by atoms with Crippen LogP contribution in [0.5, 0.6) is 0 Å². The minimum absolute atomic E-state index is 0.175. The van der Waals surface area contributed by atoms with Crippen LogP contribution >= 0.6 is 11.6 Å². The quantitative estimate of drug-likeness (QED) is 0.814. The van der Waals surface area contributed by atoms with Gasteiger partial charge in [-0.1, -0.05) is 17.7 Å². The van der Waals surface area contributed by atoms with Crippen molar-refractivity contribution in [1.29, 1.82) is 0 Å². The molecular formula is C21H23ClN2O. The number of carbonyl (C=O) groups excluding carboxylic acids is 1. The van der Waals surface area contributed by atoms with Gasteiger partial charge in [0, 0.05) is 35.1 Å². The van der Waals surface area contributed by atoms with Gasteiger partial charge in [0.2, 0.25) is 0 Å². The second-order valence-electron chi connectivity index (χ2n) is 7.42. The third kappa shape index (κ3) is 3.52. The molecule has 1 N–H and O–H groups in total. The zero-order valence-electron chi connectivity index (χ0n) is 14.5. The van der Waals surface area contributed by atoms with Crippen LogP contribution in [0.2, 0.25) is 5.02 Å². The fraction of sp³-hybridized carbons (Fsp3) is 0.381. The van der Waals surface area contributed by atoms with Crippen LogP contribution in [-0.2, 0) is 0 Å². The van der Waals surface area contributed by atoms with E-state index in [9.17, 15) is 4.79 Å². The number of anilines is 2. The first kappa shape index (κ1) is 16.5. The first-order chi connectivity index (χ1) is 12.1. The number of aryl methyl sites for hydroxylation is 1. The van der Waals surface area contributed by atoms with Crippen LogP contribution in [0.4, 0.5) is 11.4 Å². The van der Waals surface area contributed by atoms with Crippen LogP contribution in [-0.4, -0.2) is 23.9 Å². The van der Waals surface area contributed by atoms with Crippen molar-refractivity contribution in [2.75, 3.05) is 18.4 Å². The van der Waals surface area contributed by atoms with Gasteiger partial charge in [-0.25, -0.2) is 0 Å². The Hall–Kier alpha value is -2.00. The number of amides is 1. The summed E-state index contributed by atoms with van der Waals surface area (Å²) in [5.74, 6) is 1.61. The van der Waals surface area contributed by atoms with Crippen molar-refractivity contribution in [3.63, 3.8) is 0 Å². The van der Waals surface area contributed by atoms with E-state index in [1.807, 2.05) is 49.4 Å². The highest BCUT2D eigenvalue weighted by atomic mass is 35.5. The van der Waals surface area contributed by atoms with Gasteiger partial charge in [0.15, 0.2) is 0 Å². The van der Waals surface area contributed by atoms with E-state index in [1.54, 1.807) is 0 Å². The molecule has 1 heterocycles. The smallest absolute Gasteiger partial charge is 0.253 e. The molecule has 0 aromatic heterocycles. The molecule has 1 amide bonds. The number of fused-ring (bicyclic) bond motifs is 2. The number of hydrogen-bond donors (Lipinski definition) is 1. The van der Waals surface area contributed by atoms with Gasteiger partial charge in [-0.15, -0.1) is 0 Å². The molecule has 2 aromatic carbocycles. The zero-order valence-corrected chi connectivity index (χ0v) is 15.2. The Morgan fingerprint density at radius 2 is 1.88 bits per heavy atom. The number of carbonyl (C=O) groups is 1. The van der Waals surface area contributed by atoms with Crippen molar-refractivity contribution in [3.8, 4) is 0 Å². The van der Waals surface area contributed by atoms with E-state index in [0.717, 1.165) is 35.6 Å². The fourth-order valence-electron chi connectivity index (χ4n) is 4.22. The SMILES string of the molecule is Cc1cc(C(=O)N2CC3CCC(C3)C2)ccc1Nc1cccc(Cl)c1. The molecule has 3 nitrogen and oxygen atoms in total. The van der Waals surface area contributed by atoms with E-state index in [4.69, 9.17) is 11.6 Å². The van der Waals surface area contributed by atoms with E-state index >= 15 is 0 Å². The normalized spacial score (nSPS) is 22.1. The maximum absolute atomic E-state index is 12.9. The molecule has 1 saturated heterocycles. The number of piperidine rings is 1. The summed E-state index contributed by atoms with van der Waals surface area (Å²) in [4.78, 5) is 14.9. The molecule has 4 rings (SSSR count). The second kappa shape index (κ2) is 6.72. The lowest BCUT2D eigenvalue weighted by Gasteiger charge is -2.32. The summed E-state index contributed by atoms with van der Waals surface area (Å²) in [5.41, 5.74) is 3.79. The molecular weight excluding hydrogens is 332 g/mol. The third-order valence-electron chi connectivity index (χ3n) is 5.47. The number of rotatable bonds is 3. The van der Waals surface area contributed by atoms with Crippen LogP contribution in [0.3, 0.4) is 0 Å². The number of halogens is 1. The topological polar surface area (TPSA) is 32.3 Å². The average molecular weight is 355 g/mol. The Bertz CT molecular complexity index is 792. The van der Waals surface area contributed by atoms with Gasteiger partial charge >= 0.3 is 0 Å². The molecule has 2 fully saturated rings. The minimum Gasteiger partial charge on any atom is -0.355 e. The highest BCUT2D eigenvalue weighted by Crippen LogP contribution is 2.37. The van der Waals surface area contributed by atoms with Gasteiger partial charge in [0.05, 0.1) is 0 Å². The van der Waals surface area contributed by atoms with E-state index in [0.29, 0.717) is 16.9 Å². The van der Waals surface area contributed by atoms with Gasteiger partial charge in [-0.05, 0) is 80.0 Å². The van der Waals surface area contributed by atoms with Crippen molar-refractivity contribution < 1.29 is 4.79 Å². The molecule has 2 atom stereocenters. The van der Waals surface area contributed by atoms with E-state index in [2.05, 4.69) is 10.2 Å². The van der Waals surface area contributed by atoms with Crippen LogP contribution in [0.1, 0.15) is 35.2 Å². The number of likely N-dealkylation sites (tertiary alicyclic amines) is 1. The molecule has 130 valence electrons. The third-order valence-corrected chi connectivity index (χ3v) is 5.71. The molecule has 2 aromatic rings. The predicted octanol–water partition coefficient (Wildman–Crippen LogP) is 5.26. The minimum atomic E-state index is 0.175. The van der Waals surface area contributed by atoms with Crippen LogP contribution in [0.15, 0.2) is 42.5 Å². The van der Waals surface area contributed by atoms with Crippen LogP contribution in [0, 0.1) is 18.8 Å². The summed E-state index contributed by atoms with van der Waals surface area (Å²) in [6, 6.07) is 13.6. The lowest BCUT2D eigenvalue weighted by molar-refractivity contribution is 0.0662. The maximum atomic E-state index is 12.9. The Labute approximate surface area is 154 Å². The molecule has 4 heteroatoms. The highest BCUT2D eigenvalue weighted by Gasteiger charge is 2.35. The second-order valence-corrected chi connectivity index (χ2v) is 7.86. The van der Waals surface area contributed by atoms with Gasteiger partial charge in [0.1, 0.15) is 0 Å². The zero-order chi connectivity index (χ0) is 17.4. The van der Waals surface area contributed by atoms with Gasteiger partial charge in [0.25, 0.3) is 5.91 Å². The molecule has 0 radical (unpaired) electrons. The summed E-state index contributed by atoms with van der Waals surface area (Å²) < 4.78 is 0. The molecule has 2 aliphatic rings. The largest absolute Gasteiger partial charge is 0.355 e. The van der Waals surface area contributed by atoms with E-state index in [-0.39, 0.29) is 5.91 Å². The van der Waals surface area contributed by atoms with E-state index in [1.165, 1.54) is 19.3 Å². The van der Waals surface area contributed by atoms with Crippen molar-refractivity contribution in [1.82, 2.24) is 4.90 Å². The van der Waals surface area contributed by atoms with Crippen LogP contribution in [0.25, 0.3) is 0 Å². The van der Waals surface area contributed by atoms with Crippen molar-refractivity contribution in [3.05, 3.63) is 58.6 Å². The molecule has 2 unspecified atom stereocenters. The number of hydrogen-bond acceptors (Lipinski definition) is 2. The molecule has 25 heavy (non-hydrogen) atoms. The number of benzene rings is 2. The lowest BCUT2D eigenvalue weighted by Crippen LogP contribution is -2.40. The van der Waals surface area contributed by atoms with Crippen molar-refractivity contribution in [2.24, 2.45) is 11.8 Å². The molecule has 0 spiro atoms. The predicted molar refractivity (Wildman–Crippen MR) is 103 cm³/mol. The number of nitrogens with zero attached hydrogens (tertiary/aromatic N) is 1. The maximum Gasteiger partial charge on any atom is 0.253 e. The Morgan fingerprint density at radius 3 is 2.56 bits per heavy atom. The fourth-order valence-corrected chi connectivity index (χ4v) is 4.41. The van der Waals surface area contributed by atoms with Gasteiger partial charge in [-0.3, -0.25) is 4.79 Å². The van der Waals surface area contributed by atoms with Crippen LogP contribution < -0.4 is 5.32 Å². The van der Waals surface area contributed by atoms with Crippen molar-refractivity contribution in [2.45, 2.75) is 26.2 Å². The average Bonchev–Trinajstić information content (AvgIpc) is 2.94. The molecule has 2 bridgehead atoms. The summed E-state index contributed by atoms with van der Waals surface area (Å²) in [6.07, 6.45) is 3.89. The van der Waals surface area contributed by atoms with Gasteiger partial charge in [-0.2, -0.15) is 0 Å². The standard InChI is InChI=1S/C21H23ClN2O/c1-14-9-17(21(25)24-12-15-5-6-16(10-15)13-24)7-8-20(14)23-19-4-2-3-18(22)11-19/h2-4,7-9,11,15-16,23H,5-6,10,12-13H2,1H3. The first-order valence-electron chi connectivity index (χ1n) is 9.01. The Kier molecular flexibility index (Phi) is 4.43. The molecule has 1 aliphatic carbocycles. The van der Waals surface area contributed by atoms with E-state index < -0.39 is 0 Å². The molecule has 1 saturated carbocycles. The molecule has 1 aliphatic heterocycles. The summed E-state index contributed by atoms with van der Waals surface area (Å²) in [7, 11) is 0. The Balaban J connectivity index is 1.50. The summed E-state index contributed by atoms with van der Waals surface area (Å²) >= 11 is 6.04. The van der Waals surface area contributed by atoms with Crippen molar-refractivity contribution >= 4 is 28.9 Å². The Morgan fingerprint density at radius 1 is 1.12 bits per heavy atom. The summed E-state index contributed by atoms with van der Waals surface area (Å²) in [6.45, 7) is 3.89.